The molecule has 4 aromatic rings. The van der Waals surface area contributed by atoms with Crippen LogP contribution in [0.25, 0.3) is 22.9 Å². The van der Waals surface area contributed by atoms with Gasteiger partial charge in [0.15, 0.2) is 5.82 Å². The van der Waals surface area contributed by atoms with Gasteiger partial charge >= 0.3 is 0 Å². The van der Waals surface area contributed by atoms with Gasteiger partial charge in [-0.25, -0.2) is 9.67 Å². The summed E-state index contributed by atoms with van der Waals surface area (Å²) in [5.74, 6) is 0.832. The van der Waals surface area contributed by atoms with Gasteiger partial charge in [0.05, 0.1) is 29.0 Å². The van der Waals surface area contributed by atoms with E-state index in [-0.39, 0.29) is 0 Å². The molecule has 4 rings (SSSR count). The van der Waals surface area contributed by atoms with E-state index in [1.807, 2.05) is 65.7 Å². The molecule has 3 heterocycles. The van der Waals surface area contributed by atoms with E-state index in [2.05, 4.69) is 20.3 Å². The van der Waals surface area contributed by atoms with Gasteiger partial charge in [0, 0.05) is 12.4 Å². The fraction of sp³-hybridized carbons (Fsp3) is 0.118. The van der Waals surface area contributed by atoms with Crippen LogP contribution in [-0.2, 0) is 0 Å². The SMILES string of the molecule is Cc1n[nH]c(C)c1-n1ccnc1-c1ccnn1-c1ccccc1. The van der Waals surface area contributed by atoms with Crippen molar-refractivity contribution in [2.45, 2.75) is 13.8 Å². The average Bonchev–Trinajstić information content (AvgIpc) is 3.28. The zero-order valence-electron chi connectivity index (χ0n) is 12.9. The lowest BCUT2D eigenvalue weighted by Gasteiger charge is -2.10. The van der Waals surface area contributed by atoms with Crippen LogP contribution in [0.5, 0.6) is 0 Å². The molecule has 0 spiro atoms. The Labute approximate surface area is 133 Å². The number of para-hydroxylation sites is 1. The van der Waals surface area contributed by atoms with Crippen LogP contribution in [0.15, 0.2) is 55.0 Å². The highest BCUT2D eigenvalue weighted by molar-refractivity contribution is 5.59. The van der Waals surface area contributed by atoms with Crippen LogP contribution in [-0.4, -0.2) is 29.5 Å². The summed E-state index contributed by atoms with van der Waals surface area (Å²) < 4.78 is 3.94. The molecule has 6 heteroatoms. The van der Waals surface area contributed by atoms with Gasteiger partial charge in [-0.1, -0.05) is 18.2 Å². The molecule has 6 nitrogen and oxygen atoms in total. The number of imidazole rings is 1. The van der Waals surface area contributed by atoms with Crippen LogP contribution in [0.2, 0.25) is 0 Å². The first-order chi connectivity index (χ1) is 11.3. The molecule has 23 heavy (non-hydrogen) atoms. The summed E-state index contributed by atoms with van der Waals surface area (Å²) in [6.07, 6.45) is 5.53. The maximum Gasteiger partial charge on any atom is 0.163 e. The number of rotatable bonds is 3. The summed E-state index contributed by atoms with van der Waals surface area (Å²) in [5.41, 5.74) is 4.90. The van der Waals surface area contributed by atoms with Crippen molar-refractivity contribution in [1.29, 1.82) is 0 Å². The zero-order chi connectivity index (χ0) is 15.8. The molecule has 0 unspecified atom stereocenters. The van der Waals surface area contributed by atoms with Crippen molar-refractivity contribution in [2.24, 2.45) is 0 Å². The summed E-state index contributed by atoms with van der Waals surface area (Å²) in [7, 11) is 0. The van der Waals surface area contributed by atoms with Gasteiger partial charge in [-0.2, -0.15) is 10.2 Å². The van der Waals surface area contributed by atoms with Crippen molar-refractivity contribution in [1.82, 2.24) is 29.5 Å². The van der Waals surface area contributed by atoms with Crippen molar-refractivity contribution in [3.8, 4) is 22.9 Å². The minimum atomic E-state index is 0.832. The fourth-order valence-electron chi connectivity index (χ4n) is 2.82. The minimum absolute atomic E-state index is 0.832. The van der Waals surface area contributed by atoms with Crippen molar-refractivity contribution in [3.63, 3.8) is 0 Å². The van der Waals surface area contributed by atoms with Crippen molar-refractivity contribution < 1.29 is 0 Å². The van der Waals surface area contributed by atoms with Crippen LogP contribution in [0.4, 0.5) is 0 Å². The van der Waals surface area contributed by atoms with Gasteiger partial charge < -0.3 is 0 Å². The molecule has 0 amide bonds. The molecule has 0 radical (unpaired) electrons. The predicted octanol–water partition coefficient (Wildman–Crippen LogP) is 3.06. The number of benzene rings is 1. The third-order valence-electron chi connectivity index (χ3n) is 3.84. The minimum Gasteiger partial charge on any atom is -0.295 e. The van der Waals surface area contributed by atoms with E-state index >= 15 is 0 Å². The first-order valence-corrected chi connectivity index (χ1v) is 7.41. The third-order valence-corrected chi connectivity index (χ3v) is 3.84. The number of hydrogen-bond acceptors (Lipinski definition) is 3. The Hall–Kier alpha value is -3.15. The highest BCUT2D eigenvalue weighted by Gasteiger charge is 2.17. The molecule has 3 aromatic heterocycles. The number of aromatic amines is 1. The van der Waals surface area contributed by atoms with Gasteiger partial charge in [0.25, 0.3) is 0 Å². The Morgan fingerprint density at radius 2 is 1.83 bits per heavy atom. The molecule has 1 aromatic carbocycles. The molecule has 0 saturated heterocycles. The van der Waals surface area contributed by atoms with Crippen molar-refractivity contribution in [2.75, 3.05) is 0 Å². The third kappa shape index (κ3) is 2.15. The first-order valence-electron chi connectivity index (χ1n) is 7.41. The zero-order valence-corrected chi connectivity index (χ0v) is 12.9. The number of aryl methyl sites for hydroxylation is 2. The highest BCUT2D eigenvalue weighted by Crippen LogP contribution is 2.26. The highest BCUT2D eigenvalue weighted by atomic mass is 15.3. The molecule has 0 aliphatic heterocycles. The number of nitrogens with zero attached hydrogens (tertiary/aromatic N) is 5. The summed E-state index contributed by atoms with van der Waals surface area (Å²) in [6.45, 7) is 3.99. The monoisotopic (exact) mass is 304 g/mol. The van der Waals surface area contributed by atoms with Crippen molar-refractivity contribution in [3.05, 3.63) is 66.4 Å². The molecule has 0 fully saturated rings. The molecule has 0 bridgehead atoms. The molecule has 114 valence electrons. The quantitative estimate of drug-likeness (QED) is 0.632. The maximum atomic E-state index is 4.54. The number of nitrogens with one attached hydrogen (secondary N) is 1. The predicted molar refractivity (Wildman–Crippen MR) is 87.7 cm³/mol. The molecule has 0 atom stereocenters. The number of hydrogen-bond donors (Lipinski definition) is 1. The average molecular weight is 304 g/mol. The topological polar surface area (TPSA) is 64.3 Å². The Bertz CT molecular complexity index is 925. The lowest BCUT2D eigenvalue weighted by molar-refractivity contribution is 0.872. The lowest BCUT2D eigenvalue weighted by Crippen LogP contribution is -2.04. The van der Waals surface area contributed by atoms with E-state index in [1.54, 1.807) is 12.4 Å². The van der Waals surface area contributed by atoms with Crippen LogP contribution in [0.3, 0.4) is 0 Å². The van der Waals surface area contributed by atoms with E-state index < -0.39 is 0 Å². The summed E-state index contributed by atoms with van der Waals surface area (Å²) in [6, 6.07) is 12.0. The van der Waals surface area contributed by atoms with Crippen LogP contribution < -0.4 is 0 Å². The second kappa shape index (κ2) is 5.24. The Kier molecular flexibility index (Phi) is 3.08. The van der Waals surface area contributed by atoms with Crippen molar-refractivity contribution >= 4 is 0 Å². The molecule has 0 aliphatic carbocycles. The summed E-state index contributed by atoms with van der Waals surface area (Å²) in [4.78, 5) is 4.54. The van der Waals surface area contributed by atoms with E-state index in [9.17, 15) is 0 Å². The fourth-order valence-corrected chi connectivity index (χ4v) is 2.82. The Balaban J connectivity index is 1.89. The Morgan fingerprint density at radius 1 is 1.00 bits per heavy atom. The van der Waals surface area contributed by atoms with E-state index in [1.165, 1.54) is 0 Å². The molecule has 0 aliphatic rings. The molecule has 0 saturated carbocycles. The van der Waals surface area contributed by atoms with E-state index in [0.29, 0.717) is 0 Å². The van der Waals surface area contributed by atoms with Gasteiger partial charge in [0.1, 0.15) is 5.69 Å². The van der Waals surface area contributed by atoms with Crippen LogP contribution in [0, 0.1) is 13.8 Å². The van der Waals surface area contributed by atoms with Gasteiger partial charge in [0.2, 0.25) is 0 Å². The normalized spacial score (nSPS) is 11.0. The summed E-state index contributed by atoms with van der Waals surface area (Å²) in [5, 5.41) is 11.8. The number of aromatic nitrogens is 6. The molecule has 1 N–H and O–H groups in total. The lowest BCUT2D eigenvalue weighted by atomic mass is 10.3. The molecular weight excluding hydrogens is 288 g/mol. The first kappa shape index (κ1) is 13.5. The second-order valence-corrected chi connectivity index (χ2v) is 5.37. The second-order valence-electron chi connectivity index (χ2n) is 5.37. The van der Waals surface area contributed by atoms with E-state index in [0.717, 1.165) is 34.3 Å². The maximum absolute atomic E-state index is 4.54. The standard InChI is InChI=1S/C17H16N6/c1-12-16(13(2)21-20-12)22-11-10-18-17(22)15-8-9-19-23(15)14-6-4-3-5-7-14/h3-11H,1-2H3,(H,20,21). The van der Waals surface area contributed by atoms with Crippen LogP contribution in [0.1, 0.15) is 11.4 Å². The van der Waals surface area contributed by atoms with Gasteiger partial charge in [-0.05, 0) is 32.0 Å². The van der Waals surface area contributed by atoms with Gasteiger partial charge in [-0.15, -0.1) is 0 Å². The van der Waals surface area contributed by atoms with Gasteiger partial charge in [-0.3, -0.25) is 9.67 Å². The van der Waals surface area contributed by atoms with E-state index in [4.69, 9.17) is 0 Å². The number of H-pyrrole nitrogens is 1. The Morgan fingerprint density at radius 3 is 2.57 bits per heavy atom. The smallest absolute Gasteiger partial charge is 0.163 e. The van der Waals surface area contributed by atoms with Crippen LogP contribution >= 0.6 is 0 Å². The molecular formula is C17H16N6. The summed E-state index contributed by atoms with van der Waals surface area (Å²) >= 11 is 0. The largest absolute Gasteiger partial charge is 0.295 e.